The number of hydrogen-bond donors (Lipinski definition) is 3. The Morgan fingerprint density at radius 1 is 1.42 bits per heavy atom. The van der Waals surface area contributed by atoms with Crippen molar-refractivity contribution in [1.82, 2.24) is 16.0 Å². The van der Waals surface area contributed by atoms with Crippen molar-refractivity contribution in [2.24, 2.45) is 15.9 Å². The number of nitrogens with zero attached hydrogens (tertiary/aromatic N) is 2. The van der Waals surface area contributed by atoms with E-state index >= 15 is 0 Å². The third-order valence-corrected chi connectivity index (χ3v) is 4.31. The van der Waals surface area contributed by atoms with Crippen LogP contribution in [0, 0.1) is 5.92 Å². The normalized spacial score (nSPS) is 38.9. The summed E-state index contributed by atoms with van der Waals surface area (Å²) in [4.78, 5) is 30.6. The van der Waals surface area contributed by atoms with Gasteiger partial charge in [0.15, 0.2) is 0 Å². The number of carbonyl (C=O) groups is 2. The van der Waals surface area contributed by atoms with Gasteiger partial charge in [0.2, 0.25) is 6.34 Å². The maximum absolute atomic E-state index is 11.9. The van der Waals surface area contributed by atoms with E-state index in [-0.39, 0.29) is 17.3 Å². The molecule has 2 fully saturated rings. The number of nitrogens with one attached hydrogen (secondary N) is 3. The van der Waals surface area contributed by atoms with E-state index in [0.29, 0.717) is 12.6 Å². The smallest absolute Gasteiger partial charge is 0.316 e. The molecule has 2 saturated heterocycles. The van der Waals surface area contributed by atoms with E-state index in [1.54, 1.807) is 0 Å². The molecule has 3 rings (SSSR count). The lowest BCUT2D eigenvalue weighted by molar-refractivity contribution is -0.132. The van der Waals surface area contributed by atoms with Crippen LogP contribution in [0.5, 0.6) is 0 Å². The van der Waals surface area contributed by atoms with Crippen LogP contribution in [0.4, 0.5) is 0 Å². The van der Waals surface area contributed by atoms with Gasteiger partial charge < -0.3 is 5.32 Å². The van der Waals surface area contributed by atoms with Crippen molar-refractivity contribution >= 4 is 23.7 Å². The summed E-state index contributed by atoms with van der Waals surface area (Å²) >= 11 is 0. The van der Waals surface area contributed by atoms with Crippen molar-refractivity contribution in [2.45, 2.75) is 24.9 Å². The van der Waals surface area contributed by atoms with Gasteiger partial charge in [-0.2, -0.15) is 4.99 Å². The minimum Gasteiger partial charge on any atom is -0.316 e. The molecule has 3 unspecified atom stereocenters. The Hall–Kier alpha value is -1.44. The van der Waals surface area contributed by atoms with Gasteiger partial charge in [0.05, 0.1) is 6.04 Å². The topological polar surface area (TPSA) is 94.9 Å². The molecular weight excluding hydrogens is 246 g/mol. The number of ketones is 1. The molecule has 3 heterocycles. The first-order valence-corrected chi connectivity index (χ1v) is 6.46. The van der Waals surface area contributed by atoms with Crippen molar-refractivity contribution in [1.29, 1.82) is 0 Å². The Kier molecular flexibility index (Phi) is 3.04. The van der Waals surface area contributed by atoms with Gasteiger partial charge in [-0.05, 0) is 25.4 Å². The third kappa shape index (κ3) is 1.85. The summed E-state index contributed by atoms with van der Waals surface area (Å²) in [5, 5.41) is 10.0. The van der Waals surface area contributed by atoms with Crippen molar-refractivity contribution in [3.05, 3.63) is 0 Å². The molecular formula is C12H16N5O2. The lowest BCUT2D eigenvalue weighted by atomic mass is 9.73. The molecule has 3 N–H and O–H groups in total. The number of carbonyl (C=O) groups excluding carboxylic acids is 2. The SMILES string of the molecule is CC1CNCCC12NCNC2C1=N[C]=NC(=O)C1=O. The van der Waals surface area contributed by atoms with Crippen molar-refractivity contribution in [3.8, 4) is 0 Å². The van der Waals surface area contributed by atoms with Crippen LogP contribution in [0.2, 0.25) is 0 Å². The number of piperidine rings is 1. The molecule has 1 spiro atoms. The highest BCUT2D eigenvalue weighted by Gasteiger charge is 2.51. The number of rotatable bonds is 1. The second kappa shape index (κ2) is 4.59. The molecule has 3 aliphatic rings. The van der Waals surface area contributed by atoms with Gasteiger partial charge in [-0.25, -0.2) is 4.99 Å². The highest BCUT2D eigenvalue weighted by molar-refractivity contribution is 6.67. The lowest BCUT2D eigenvalue weighted by Crippen LogP contribution is -2.64. The van der Waals surface area contributed by atoms with Gasteiger partial charge in [-0.15, -0.1) is 0 Å². The minimum absolute atomic E-state index is 0.235. The molecule has 0 aromatic heterocycles. The monoisotopic (exact) mass is 262 g/mol. The van der Waals surface area contributed by atoms with Gasteiger partial charge in [0.1, 0.15) is 5.71 Å². The Bertz CT molecular complexity index is 487. The number of Topliss-reactive ketones (excluding diaryl/α,β-unsaturated/α-hetero) is 1. The zero-order chi connectivity index (χ0) is 13.5. The fourth-order valence-electron chi connectivity index (χ4n) is 3.21. The summed E-state index contributed by atoms with van der Waals surface area (Å²) in [5.41, 5.74) is -0.00211. The first-order chi connectivity index (χ1) is 9.15. The molecule has 0 aromatic carbocycles. The van der Waals surface area contributed by atoms with Crippen LogP contribution in [0.25, 0.3) is 0 Å². The summed E-state index contributed by atoms with van der Waals surface area (Å²) in [7, 11) is 0. The molecule has 1 amide bonds. The Balaban J connectivity index is 1.95. The molecule has 3 aliphatic heterocycles. The molecule has 1 radical (unpaired) electrons. The average molecular weight is 262 g/mol. The van der Waals surface area contributed by atoms with Crippen LogP contribution in [0.1, 0.15) is 13.3 Å². The Morgan fingerprint density at radius 3 is 3.05 bits per heavy atom. The highest BCUT2D eigenvalue weighted by Crippen LogP contribution is 2.31. The summed E-state index contributed by atoms with van der Waals surface area (Å²) in [5.74, 6) is -1.08. The fourth-order valence-corrected chi connectivity index (χ4v) is 3.21. The van der Waals surface area contributed by atoms with Crippen LogP contribution in [-0.2, 0) is 9.59 Å². The van der Waals surface area contributed by atoms with Crippen LogP contribution >= 0.6 is 0 Å². The summed E-state index contributed by atoms with van der Waals surface area (Å²) in [6, 6.07) is -0.260. The third-order valence-electron chi connectivity index (χ3n) is 4.31. The van der Waals surface area contributed by atoms with E-state index in [2.05, 4.69) is 39.2 Å². The Labute approximate surface area is 110 Å². The molecule has 19 heavy (non-hydrogen) atoms. The maximum atomic E-state index is 11.9. The van der Waals surface area contributed by atoms with Crippen LogP contribution in [0.15, 0.2) is 9.98 Å². The lowest BCUT2D eigenvalue weighted by Gasteiger charge is -2.44. The standard InChI is InChI=1S/C12H16N5O2/c1-7-4-13-3-2-12(7)10(15-6-17-12)8-9(18)11(19)16-5-14-8/h7,10,13,15,17H,2-4,6H2,1H3. The predicted octanol–water partition coefficient (Wildman–Crippen LogP) is -1.67. The van der Waals surface area contributed by atoms with Crippen molar-refractivity contribution in [3.63, 3.8) is 0 Å². The van der Waals surface area contributed by atoms with Crippen LogP contribution in [-0.4, -0.2) is 55.1 Å². The molecule has 101 valence electrons. The summed E-state index contributed by atoms with van der Waals surface area (Å²) < 4.78 is 0. The van der Waals surface area contributed by atoms with Crippen LogP contribution < -0.4 is 16.0 Å². The van der Waals surface area contributed by atoms with E-state index in [9.17, 15) is 9.59 Å². The van der Waals surface area contributed by atoms with E-state index in [4.69, 9.17) is 0 Å². The molecule has 0 bridgehead atoms. The first kappa shape index (κ1) is 12.6. The molecule has 3 atom stereocenters. The largest absolute Gasteiger partial charge is 0.321 e. The number of aliphatic imine (C=N–C) groups is 2. The summed E-state index contributed by atoms with van der Waals surface area (Å²) in [6.07, 6.45) is 3.17. The maximum Gasteiger partial charge on any atom is 0.321 e. The van der Waals surface area contributed by atoms with Gasteiger partial charge in [0.25, 0.3) is 5.78 Å². The minimum atomic E-state index is -0.782. The van der Waals surface area contributed by atoms with Crippen molar-refractivity contribution < 1.29 is 9.59 Å². The molecule has 0 saturated carbocycles. The zero-order valence-electron chi connectivity index (χ0n) is 10.7. The van der Waals surface area contributed by atoms with E-state index < -0.39 is 11.7 Å². The molecule has 7 heteroatoms. The highest BCUT2D eigenvalue weighted by atomic mass is 16.2. The Morgan fingerprint density at radius 2 is 2.26 bits per heavy atom. The van der Waals surface area contributed by atoms with Gasteiger partial charge in [0, 0.05) is 12.2 Å². The predicted molar refractivity (Wildman–Crippen MR) is 69.2 cm³/mol. The molecule has 0 aromatic rings. The van der Waals surface area contributed by atoms with Gasteiger partial charge in [-0.3, -0.25) is 20.2 Å². The number of hydrogen-bond acceptors (Lipinski definition) is 6. The second-order valence-electron chi connectivity index (χ2n) is 5.23. The summed E-state index contributed by atoms with van der Waals surface area (Å²) in [6.45, 7) is 4.49. The molecule has 0 aliphatic carbocycles. The van der Waals surface area contributed by atoms with Gasteiger partial charge in [-0.1, -0.05) is 6.92 Å². The van der Waals surface area contributed by atoms with Crippen molar-refractivity contribution in [2.75, 3.05) is 19.8 Å². The van der Waals surface area contributed by atoms with E-state index in [1.165, 1.54) is 0 Å². The van der Waals surface area contributed by atoms with E-state index in [0.717, 1.165) is 19.5 Å². The quantitative estimate of drug-likeness (QED) is 0.491. The molecule has 7 nitrogen and oxygen atoms in total. The average Bonchev–Trinajstić information content (AvgIpc) is 2.81. The number of amides is 1. The fraction of sp³-hybridized carbons (Fsp3) is 0.667. The van der Waals surface area contributed by atoms with Crippen LogP contribution in [0.3, 0.4) is 0 Å². The second-order valence-corrected chi connectivity index (χ2v) is 5.23. The zero-order valence-corrected chi connectivity index (χ0v) is 10.7. The first-order valence-electron chi connectivity index (χ1n) is 6.46. The van der Waals surface area contributed by atoms with Gasteiger partial charge >= 0.3 is 5.91 Å². The van der Waals surface area contributed by atoms with E-state index in [1.807, 2.05) is 0 Å².